The lowest BCUT2D eigenvalue weighted by Crippen LogP contribution is -2.05. The molecule has 3 heterocycles. The highest BCUT2D eigenvalue weighted by atomic mass is 35.5. The molecule has 0 bridgehead atoms. The number of hydrogen-bond acceptors (Lipinski definition) is 4. The third-order valence-electron chi connectivity index (χ3n) is 2.69. The van der Waals surface area contributed by atoms with Gasteiger partial charge in [-0.2, -0.15) is 0 Å². The number of hydrogen-bond donors (Lipinski definition) is 0. The maximum atomic E-state index is 11.4. The molecular weight excluding hydrogens is 254 g/mol. The van der Waals surface area contributed by atoms with Gasteiger partial charge in [0.25, 0.3) is 0 Å². The molecule has 5 nitrogen and oxygen atoms in total. The number of ether oxygens (including phenoxy) is 1. The van der Waals surface area contributed by atoms with Crippen molar-refractivity contribution in [2.75, 3.05) is 7.11 Å². The van der Waals surface area contributed by atoms with Gasteiger partial charge in [0.1, 0.15) is 0 Å². The van der Waals surface area contributed by atoms with E-state index in [0.29, 0.717) is 10.7 Å². The van der Waals surface area contributed by atoms with Crippen LogP contribution in [-0.4, -0.2) is 27.4 Å². The van der Waals surface area contributed by atoms with E-state index in [4.69, 9.17) is 11.6 Å². The monoisotopic (exact) mass is 261 g/mol. The van der Waals surface area contributed by atoms with Crippen LogP contribution in [0.3, 0.4) is 0 Å². The van der Waals surface area contributed by atoms with Crippen molar-refractivity contribution in [2.45, 2.75) is 0 Å². The summed E-state index contributed by atoms with van der Waals surface area (Å²) in [4.78, 5) is 19.7. The molecule has 0 atom stereocenters. The van der Waals surface area contributed by atoms with Crippen molar-refractivity contribution in [1.82, 2.24) is 14.4 Å². The minimum Gasteiger partial charge on any atom is -0.464 e. The van der Waals surface area contributed by atoms with E-state index in [9.17, 15) is 4.79 Å². The lowest BCUT2D eigenvalue weighted by atomic mass is 10.3. The quantitative estimate of drug-likeness (QED) is 0.631. The highest BCUT2D eigenvalue weighted by Crippen LogP contribution is 2.22. The smallest absolute Gasteiger partial charge is 0.356 e. The Morgan fingerprint density at radius 2 is 2.28 bits per heavy atom. The summed E-state index contributed by atoms with van der Waals surface area (Å²) in [5.74, 6) is -0.498. The maximum absolute atomic E-state index is 11.4. The van der Waals surface area contributed by atoms with Gasteiger partial charge in [0.15, 0.2) is 10.8 Å². The minimum absolute atomic E-state index is 0.208. The number of rotatable bonds is 1. The van der Waals surface area contributed by atoms with Crippen LogP contribution in [0.5, 0.6) is 0 Å². The second kappa shape index (κ2) is 3.96. The number of aromatic nitrogens is 3. The third-order valence-corrected chi connectivity index (χ3v) is 2.97. The van der Waals surface area contributed by atoms with Gasteiger partial charge in [0.05, 0.1) is 29.9 Å². The molecule has 0 aliphatic heterocycles. The van der Waals surface area contributed by atoms with Gasteiger partial charge in [-0.15, -0.1) is 0 Å². The molecule has 3 aromatic heterocycles. The molecule has 18 heavy (non-hydrogen) atoms. The third kappa shape index (κ3) is 1.52. The van der Waals surface area contributed by atoms with Gasteiger partial charge < -0.3 is 9.14 Å². The topological polar surface area (TPSA) is 56.5 Å². The first-order valence-corrected chi connectivity index (χ1v) is 5.59. The predicted molar refractivity (Wildman–Crippen MR) is 66.8 cm³/mol. The van der Waals surface area contributed by atoms with E-state index in [1.54, 1.807) is 12.3 Å². The van der Waals surface area contributed by atoms with Gasteiger partial charge in [-0.3, -0.25) is 0 Å². The summed E-state index contributed by atoms with van der Waals surface area (Å²) in [5.41, 5.74) is 2.39. The maximum Gasteiger partial charge on any atom is 0.356 e. The van der Waals surface area contributed by atoms with Crippen LogP contribution in [-0.2, 0) is 4.74 Å². The molecule has 0 radical (unpaired) electrons. The molecule has 0 amide bonds. The second-order valence-corrected chi connectivity index (χ2v) is 4.07. The summed E-state index contributed by atoms with van der Waals surface area (Å²) in [6, 6.07) is 5.30. The molecule has 90 valence electrons. The van der Waals surface area contributed by atoms with E-state index >= 15 is 0 Å². The Kier molecular flexibility index (Phi) is 2.41. The molecule has 3 rings (SSSR count). The highest BCUT2D eigenvalue weighted by molar-refractivity contribution is 6.33. The van der Waals surface area contributed by atoms with Crippen molar-refractivity contribution in [3.05, 3.63) is 41.4 Å². The first kappa shape index (κ1) is 11.0. The fraction of sp³-hybridized carbons (Fsp3) is 0.0833. The zero-order chi connectivity index (χ0) is 12.7. The number of halogens is 1. The molecule has 3 aromatic rings. The van der Waals surface area contributed by atoms with Crippen LogP contribution >= 0.6 is 11.6 Å². The number of pyridine rings is 1. The number of carbonyl (C=O) groups excluding carboxylic acids is 1. The van der Waals surface area contributed by atoms with E-state index in [-0.39, 0.29) is 5.69 Å². The number of nitrogens with zero attached hydrogens (tertiary/aromatic N) is 3. The van der Waals surface area contributed by atoms with E-state index in [1.165, 1.54) is 7.11 Å². The van der Waals surface area contributed by atoms with Crippen LogP contribution in [0.25, 0.3) is 16.6 Å². The van der Waals surface area contributed by atoms with Crippen LogP contribution in [0, 0.1) is 0 Å². The second-order valence-electron chi connectivity index (χ2n) is 3.72. The van der Waals surface area contributed by atoms with Crippen molar-refractivity contribution in [3.63, 3.8) is 0 Å². The van der Waals surface area contributed by atoms with E-state index in [0.717, 1.165) is 11.0 Å². The summed E-state index contributed by atoms with van der Waals surface area (Å²) in [6.45, 7) is 0. The van der Waals surface area contributed by atoms with Gasteiger partial charge in [-0.25, -0.2) is 14.8 Å². The molecule has 6 heteroatoms. The van der Waals surface area contributed by atoms with Crippen LogP contribution in [0.1, 0.15) is 10.5 Å². The molecule has 0 N–H and O–H groups in total. The Hall–Kier alpha value is -2.14. The van der Waals surface area contributed by atoms with E-state index in [1.807, 2.05) is 22.7 Å². The van der Waals surface area contributed by atoms with Crippen molar-refractivity contribution >= 4 is 34.1 Å². The van der Waals surface area contributed by atoms with Gasteiger partial charge in [0, 0.05) is 6.20 Å². The first-order valence-electron chi connectivity index (χ1n) is 5.21. The molecule has 0 fully saturated rings. The standard InChI is InChI=1S/C12H8ClN3O2/c1-18-12(17)8-5-7-10(6-14-8)16-4-2-3-9(16)11(13)15-7/h2-6H,1H3. The number of methoxy groups -OCH3 is 1. The fourth-order valence-corrected chi connectivity index (χ4v) is 2.10. The Balaban J connectivity index is 2.35. The average molecular weight is 262 g/mol. The summed E-state index contributed by atoms with van der Waals surface area (Å²) in [6.07, 6.45) is 3.45. The van der Waals surface area contributed by atoms with Gasteiger partial charge in [0.2, 0.25) is 0 Å². The van der Waals surface area contributed by atoms with Crippen molar-refractivity contribution in [1.29, 1.82) is 0 Å². The summed E-state index contributed by atoms with van der Waals surface area (Å²) >= 11 is 6.07. The average Bonchev–Trinajstić information content (AvgIpc) is 2.87. The van der Waals surface area contributed by atoms with Gasteiger partial charge >= 0.3 is 5.97 Å². The fourth-order valence-electron chi connectivity index (χ4n) is 1.85. The van der Waals surface area contributed by atoms with E-state index in [2.05, 4.69) is 14.7 Å². The predicted octanol–water partition coefficient (Wildman–Crippen LogP) is 2.32. The molecule has 0 saturated carbocycles. The summed E-state index contributed by atoms with van der Waals surface area (Å²) in [5, 5.41) is 0.384. The van der Waals surface area contributed by atoms with Gasteiger partial charge in [-0.05, 0) is 18.2 Å². The molecule has 0 saturated heterocycles. The zero-order valence-electron chi connectivity index (χ0n) is 9.42. The Morgan fingerprint density at radius 3 is 3.06 bits per heavy atom. The molecule has 0 aromatic carbocycles. The van der Waals surface area contributed by atoms with Gasteiger partial charge in [-0.1, -0.05) is 11.6 Å². The molecule has 0 aliphatic carbocycles. The molecule has 0 unspecified atom stereocenters. The normalized spacial score (nSPS) is 11.0. The highest BCUT2D eigenvalue weighted by Gasteiger charge is 2.11. The van der Waals surface area contributed by atoms with Crippen molar-refractivity contribution in [3.8, 4) is 0 Å². The van der Waals surface area contributed by atoms with Crippen LogP contribution in [0.2, 0.25) is 5.15 Å². The van der Waals surface area contributed by atoms with Crippen LogP contribution < -0.4 is 0 Å². The van der Waals surface area contributed by atoms with E-state index < -0.39 is 5.97 Å². The first-order chi connectivity index (χ1) is 8.70. The SMILES string of the molecule is COC(=O)c1cc2nc(Cl)c3cccn3c2cn1. The molecule has 0 spiro atoms. The Bertz CT molecular complexity index is 766. The van der Waals surface area contributed by atoms with Crippen molar-refractivity contribution in [2.24, 2.45) is 0 Å². The summed E-state index contributed by atoms with van der Waals surface area (Å²) < 4.78 is 6.49. The zero-order valence-corrected chi connectivity index (χ0v) is 10.2. The largest absolute Gasteiger partial charge is 0.464 e. The molecule has 0 aliphatic rings. The Morgan fingerprint density at radius 1 is 1.44 bits per heavy atom. The minimum atomic E-state index is -0.498. The van der Waals surface area contributed by atoms with Crippen LogP contribution in [0.4, 0.5) is 0 Å². The molecular formula is C12H8ClN3O2. The lowest BCUT2D eigenvalue weighted by Gasteiger charge is -2.05. The lowest BCUT2D eigenvalue weighted by molar-refractivity contribution is 0.0594. The summed E-state index contributed by atoms with van der Waals surface area (Å²) in [7, 11) is 1.31. The Labute approximate surface area is 107 Å². The van der Waals surface area contributed by atoms with Crippen LogP contribution in [0.15, 0.2) is 30.6 Å². The van der Waals surface area contributed by atoms with Crippen molar-refractivity contribution < 1.29 is 9.53 Å². The number of fused-ring (bicyclic) bond motifs is 3. The number of carbonyl (C=O) groups is 1. The number of esters is 1.